The SMILES string of the molecule is COC(=O)C1C(=O)C=C(NCc2ccc(C(=O)O)cc2)CC1C. The van der Waals surface area contributed by atoms with Gasteiger partial charge in [0, 0.05) is 18.3 Å². The van der Waals surface area contributed by atoms with E-state index in [0.29, 0.717) is 13.0 Å². The fraction of sp³-hybridized carbons (Fsp3) is 0.353. The number of carbonyl (C=O) groups excluding carboxylic acids is 2. The lowest BCUT2D eigenvalue weighted by Crippen LogP contribution is -2.35. The van der Waals surface area contributed by atoms with Crippen LogP contribution < -0.4 is 5.32 Å². The van der Waals surface area contributed by atoms with E-state index < -0.39 is 17.9 Å². The molecule has 6 nitrogen and oxygen atoms in total. The fourth-order valence-electron chi connectivity index (χ4n) is 2.64. The Morgan fingerprint density at radius 2 is 1.96 bits per heavy atom. The van der Waals surface area contributed by atoms with E-state index in [0.717, 1.165) is 11.3 Å². The minimum absolute atomic E-state index is 0.128. The highest BCUT2D eigenvalue weighted by atomic mass is 16.5. The monoisotopic (exact) mass is 317 g/mol. The van der Waals surface area contributed by atoms with Gasteiger partial charge in [-0.25, -0.2) is 4.79 Å². The topological polar surface area (TPSA) is 92.7 Å². The van der Waals surface area contributed by atoms with Gasteiger partial charge in [-0.3, -0.25) is 9.59 Å². The Hall–Kier alpha value is -2.63. The second-order valence-corrected chi connectivity index (χ2v) is 5.61. The van der Waals surface area contributed by atoms with Crippen LogP contribution in [-0.4, -0.2) is 29.9 Å². The van der Waals surface area contributed by atoms with Crippen LogP contribution in [0.4, 0.5) is 0 Å². The second-order valence-electron chi connectivity index (χ2n) is 5.61. The summed E-state index contributed by atoms with van der Waals surface area (Å²) in [5, 5.41) is 12.0. The minimum atomic E-state index is -0.965. The number of esters is 1. The van der Waals surface area contributed by atoms with Crippen LogP contribution in [0.15, 0.2) is 36.0 Å². The molecule has 0 aliphatic heterocycles. The van der Waals surface area contributed by atoms with Crippen LogP contribution in [-0.2, 0) is 20.9 Å². The van der Waals surface area contributed by atoms with Gasteiger partial charge in [-0.2, -0.15) is 0 Å². The molecule has 6 heteroatoms. The molecule has 0 aromatic heterocycles. The van der Waals surface area contributed by atoms with Crippen LogP contribution in [0.2, 0.25) is 0 Å². The van der Waals surface area contributed by atoms with Crippen molar-refractivity contribution < 1.29 is 24.2 Å². The average Bonchev–Trinajstić information content (AvgIpc) is 2.52. The van der Waals surface area contributed by atoms with Crippen LogP contribution in [0.25, 0.3) is 0 Å². The summed E-state index contributed by atoms with van der Waals surface area (Å²) in [5.41, 5.74) is 1.91. The molecule has 1 aromatic carbocycles. The number of ketones is 1. The highest BCUT2D eigenvalue weighted by Crippen LogP contribution is 2.27. The summed E-state index contributed by atoms with van der Waals surface area (Å²) in [6.07, 6.45) is 2.03. The van der Waals surface area contributed by atoms with Gasteiger partial charge < -0.3 is 15.2 Å². The zero-order valence-electron chi connectivity index (χ0n) is 13.0. The Kier molecular flexibility index (Phi) is 5.16. The molecule has 2 N–H and O–H groups in total. The van der Waals surface area contributed by atoms with Gasteiger partial charge in [0.25, 0.3) is 0 Å². The van der Waals surface area contributed by atoms with Gasteiger partial charge in [-0.1, -0.05) is 19.1 Å². The number of benzene rings is 1. The molecule has 2 unspecified atom stereocenters. The molecule has 1 aliphatic carbocycles. The number of aromatic carboxylic acids is 1. The lowest BCUT2D eigenvalue weighted by atomic mass is 9.82. The molecule has 0 fully saturated rings. The number of methoxy groups -OCH3 is 1. The summed E-state index contributed by atoms with van der Waals surface area (Å²) in [4.78, 5) is 34.5. The summed E-state index contributed by atoms with van der Waals surface area (Å²) in [5.74, 6) is -2.58. The van der Waals surface area contributed by atoms with Crippen LogP contribution in [0.1, 0.15) is 29.3 Å². The van der Waals surface area contributed by atoms with Gasteiger partial charge in [0.15, 0.2) is 5.78 Å². The van der Waals surface area contributed by atoms with Crippen molar-refractivity contribution in [3.63, 3.8) is 0 Å². The van der Waals surface area contributed by atoms with Crippen molar-refractivity contribution in [2.75, 3.05) is 7.11 Å². The molecule has 1 aliphatic rings. The summed E-state index contributed by atoms with van der Waals surface area (Å²) in [6, 6.07) is 6.52. The van der Waals surface area contributed by atoms with Gasteiger partial charge in [0.2, 0.25) is 0 Å². The third-order valence-electron chi connectivity index (χ3n) is 3.91. The first-order valence-electron chi connectivity index (χ1n) is 7.30. The zero-order valence-corrected chi connectivity index (χ0v) is 13.0. The fourth-order valence-corrected chi connectivity index (χ4v) is 2.64. The molecule has 0 saturated carbocycles. The largest absolute Gasteiger partial charge is 0.478 e. The summed E-state index contributed by atoms with van der Waals surface area (Å²) in [6.45, 7) is 2.32. The number of ether oxygens (including phenoxy) is 1. The predicted molar refractivity (Wildman–Crippen MR) is 82.6 cm³/mol. The molecule has 0 radical (unpaired) electrons. The number of rotatable bonds is 5. The molecule has 2 atom stereocenters. The Morgan fingerprint density at radius 3 is 2.48 bits per heavy atom. The molecule has 0 saturated heterocycles. The number of carboxylic acid groups (broad SMARTS) is 1. The van der Waals surface area contributed by atoms with Crippen LogP contribution >= 0.6 is 0 Å². The number of carbonyl (C=O) groups is 3. The predicted octanol–water partition coefficient (Wildman–Crippen LogP) is 1.76. The number of nitrogens with one attached hydrogen (secondary N) is 1. The number of hydrogen-bond donors (Lipinski definition) is 2. The van der Waals surface area contributed by atoms with E-state index in [9.17, 15) is 14.4 Å². The first-order chi connectivity index (χ1) is 10.9. The van der Waals surface area contributed by atoms with E-state index in [1.54, 1.807) is 12.1 Å². The quantitative estimate of drug-likeness (QED) is 0.635. The van der Waals surface area contributed by atoms with Crippen molar-refractivity contribution in [3.8, 4) is 0 Å². The summed E-state index contributed by atoms with van der Waals surface area (Å²) in [7, 11) is 1.28. The maximum Gasteiger partial charge on any atom is 0.335 e. The highest BCUT2D eigenvalue weighted by Gasteiger charge is 2.35. The molecule has 0 amide bonds. The lowest BCUT2D eigenvalue weighted by Gasteiger charge is -2.26. The molecule has 23 heavy (non-hydrogen) atoms. The summed E-state index contributed by atoms with van der Waals surface area (Å²) < 4.78 is 4.67. The van der Waals surface area contributed by atoms with Crippen LogP contribution in [0.5, 0.6) is 0 Å². The van der Waals surface area contributed by atoms with E-state index in [4.69, 9.17) is 5.11 Å². The van der Waals surface area contributed by atoms with E-state index in [1.165, 1.54) is 25.3 Å². The van der Waals surface area contributed by atoms with E-state index in [-0.39, 0.29) is 17.3 Å². The Labute approximate surface area is 134 Å². The lowest BCUT2D eigenvalue weighted by molar-refractivity contribution is -0.150. The van der Waals surface area contributed by atoms with E-state index in [1.807, 2.05) is 6.92 Å². The third-order valence-corrected chi connectivity index (χ3v) is 3.91. The second kappa shape index (κ2) is 7.09. The standard InChI is InChI=1S/C17H19NO5/c1-10-7-13(8-14(19)15(10)17(22)23-2)18-9-11-3-5-12(6-4-11)16(20)21/h3-6,8,10,15,18H,7,9H2,1-2H3,(H,20,21). The van der Waals surface area contributed by atoms with Gasteiger partial charge in [-0.15, -0.1) is 0 Å². The molecule has 1 aromatic rings. The van der Waals surface area contributed by atoms with Crippen molar-refractivity contribution in [2.24, 2.45) is 11.8 Å². The zero-order chi connectivity index (χ0) is 17.0. The van der Waals surface area contributed by atoms with Crippen molar-refractivity contribution in [1.82, 2.24) is 5.32 Å². The van der Waals surface area contributed by atoms with Crippen LogP contribution in [0, 0.1) is 11.8 Å². The highest BCUT2D eigenvalue weighted by molar-refractivity contribution is 6.06. The van der Waals surface area contributed by atoms with Gasteiger partial charge in [-0.05, 0) is 30.0 Å². The Bertz CT molecular complexity index is 647. The van der Waals surface area contributed by atoms with Crippen molar-refractivity contribution >= 4 is 17.7 Å². The van der Waals surface area contributed by atoms with Gasteiger partial charge >= 0.3 is 11.9 Å². The molecule has 0 bridgehead atoms. The van der Waals surface area contributed by atoms with Crippen molar-refractivity contribution in [1.29, 1.82) is 0 Å². The van der Waals surface area contributed by atoms with E-state index in [2.05, 4.69) is 10.1 Å². The van der Waals surface area contributed by atoms with E-state index >= 15 is 0 Å². The van der Waals surface area contributed by atoms with Crippen LogP contribution in [0.3, 0.4) is 0 Å². The average molecular weight is 317 g/mol. The minimum Gasteiger partial charge on any atom is -0.478 e. The summed E-state index contributed by atoms with van der Waals surface area (Å²) >= 11 is 0. The first kappa shape index (κ1) is 16.7. The van der Waals surface area contributed by atoms with Crippen molar-refractivity contribution in [2.45, 2.75) is 19.9 Å². The smallest absolute Gasteiger partial charge is 0.335 e. The first-order valence-corrected chi connectivity index (χ1v) is 7.30. The Morgan fingerprint density at radius 1 is 1.30 bits per heavy atom. The molecular weight excluding hydrogens is 298 g/mol. The molecule has 0 spiro atoms. The molecular formula is C17H19NO5. The van der Waals surface area contributed by atoms with Gasteiger partial charge in [0.1, 0.15) is 5.92 Å². The van der Waals surface area contributed by atoms with Crippen molar-refractivity contribution in [3.05, 3.63) is 47.2 Å². The third kappa shape index (κ3) is 3.97. The molecule has 2 rings (SSSR count). The molecule has 0 heterocycles. The number of carboxylic acids is 1. The molecule has 122 valence electrons. The number of allylic oxidation sites excluding steroid dienone is 2. The maximum absolute atomic E-state index is 12.1. The van der Waals surface area contributed by atoms with Gasteiger partial charge in [0.05, 0.1) is 12.7 Å². The number of hydrogen-bond acceptors (Lipinski definition) is 5. The normalized spacial score (nSPS) is 20.6. The maximum atomic E-state index is 12.1. The Balaban J connectivity index is 2.00.